The Hall–Kier alpha value is -3.09. The normalized spacial score (nSPS) is 13.3. The number of carbonyl (C=O) groups excluding carboxylic acids is 1. The maximum absolute atomic E-state index is 14.9. The van der Waals surface area contributed by atoms with Crippen LogP contribution in [0.15, 0.2) is 54.9 Å². The third kappa shape index (κ3) is 7.02. The number of rotatable bonds is 6. The molecule has 0 aliphatic rings. The molecule has 0 aliphatic heterocycles. The zero-order valence-electron chi connectivity index (χ0n) is 17.9. The van der Waals surface area contributed by atoms with Gasteiger partial charge in [-0.2, -0.15) is 26.3 Å². The molecule has 1 amide bonds. The number of nitrogens with one attached hydrogen (secondary N) is 2. The Balaban J connectivity index is 1.99. The highest BCUT2D eigenvalue weighted by molar-refractivity contribution is 6.48. The zero-order chi connectivity index (χ0) is 27.5. The van der Waals surface area contributed by atoms with Crippen molar-refractivity contribution in [2.24, 2.45) is 0 Å². The van der Waals surface area contributed by atoms with Gasteiger partial charge in [-0.1, -0.05) is 40.9 Å². The molecule has 2 N–H and O–H groups in total. The number of nitrogens with zero attached hydrogens (tertiary/aromatic N) is 2. The first-order chi connectivity index (χ1) is 17.2. The van der Waals surface area contributed by atoms with Crippen LogP contribution in [-0.4, -0.2) is 22.1 Å². The van der Waals surface area contributed by atoms with Crippen LogP contribution < -0.4 is 10.9 Å². The van der Waals surface area contributed by atoms with E-state index in [1.165, 1.54) is 18.5 Å². The molecule has 5 nitrogen and oxygen atoms in total. The Bertz CT molecular complexity index is 1310. The highest BCUT2D eigenvalue weighted by Crippen LogP contribution is 2.42. The van der Waals surface area contributed by atoms with Gasteiger partial charge in [0.2, 0.25) is 5.95 Å². The number of hydrogen-bond donors (Lipinski definition) is 2. The molecule has 0 fully saturated rings. The minimum absolute atomic E-state index is 0.0689. The zero-order valence-corrected chi connectivity index (χ0v) is 20.1. The van der Waals surface area contributed by atoms with Crippen LogP contribution in [0.25, 0.3) is 5.83 Å². The van der Waals surface area contributed by atoms with Crippen LogP contribution >= 0.6 is 34.8 Å². The number of hydrogen-bond acceptors (Lipinski definition) is 4. The van der Waals surface area contributed by atoms with Crippen molar-refractivity contribution >= 4 is 52.5 Å². The smallest absolute Gasteiger partial charge is 0.267 e. The second-order valence-electron chi connectivity index (χ2n) is 7.24. The maximum atomic E-state index is 14.9. The molecule has 0 unspecified atom stereocenters. The van der Waals surface area contributed by atoms with Crippen molar-refractivity contribution in [3.8, 4) is 0 Å². The Morgan fingerprint density at radius 3 is 2.08 bits per heavy atom. The number of alkyl halides is 6. The van der Waals surface area contributed by atoms with E-state index in [0.717, 1.165) is 18.2 Å². The largest absolute Gasteiger partial charge is 0.417 e. The van der Waals surface area contributed by atoms with Gasteiger partial charge in [-0.15, -0.1) is 0 Å². The van der Waals surface area contributed by atoms with Crippen LogP contribution in [0.1, 0.15) is 33.0 Å². The molecule has 1 heterocycles. The van der Waals surface area contributed by atoms with Crippen LogP contribution in [0.5, 0.6) is 0 Å². The summed E-state index contributed by atoms with van der Waals surface area (Å²) in [6, 6.07) is 4.65. The highest BCUT2D eigenvalue weighted by Gasteiger charge is 2.41. The lowest BCUT2D eigenvalue weighted by atomic mass is 9.95. The third-order valence-corrected chi connectivity index (χ3v) is 5.93. The molecule has 0 spiro atoms. The first-order valence-electron chi connectivity index (χ1n) is 9.82. The summed E-state index contributed by atoms with van der Waals surface area (Å²) in [7, 11) is 0. The van der Waals surface area contributed by atoms with Crippen molar-refractivity contribution in [2.75, 3.05) is 5.43 Å². The minimum Gasteiger partial charge on any atom is -0.267 e. The first kappa shape index (κ1) is 28.5. The fraction of sp³-hybridized carbons (Fsp3) is 0.136. The van der Waals surface area contributed by atoms with Crippen LogP contribution in [0.3, 0.4) is 0 Å². The van der Waals surface area contributed by atoms with Gasteiger partial charge in [0, 0.05) is 18.0 Å². The molecule has 196 valence electrons. The summed E-state index contributed by atoms with van der Waals surface area (Å²) < 4.78 is 97.1. The minimum atomic E-state index is -5.16. The number of hydrazine groups is 1. The van der Waals surface area contributed by atoms with Crippen LogP contribution in [-0.2, 0) is 6.18 Å². The molecule has 2 aromatic carbocycles. The van der Waals surface area contributed by atoms with Crippen LogP contribution in [0, 0.1) is 0 Å². The maximum Gasteiger partial charge on any atom is 0.417 e. The Labute approximate surface area is 219 Å². The number of aromatic nitrogens is 2. The quantitative estimate of drug-likeness (QED) is 0.175. The Morgan fingerprint density at radius 2 is 1.54 bits per heavy atom. The van der Waals surface area contributed by atoms with E-state index in [0.29, 0.717) is 6.07 Å². The molecule has 3 rings (SSSR count). The van der Waals surface area contributed by atoms with Crippen molar-refractivity contribution in [3.63, 3.8) is 0 Å². The second kappa shape index (κ2) is 11.1. The average Bonchev–Trinajstić information content (AvgIpc) is 2.83. The first-order valence-corrected chi connectivity index (χ1v) is 11.0. The van der Waals surface area contributed by atoms with Gasteiger partial charge >= 0.3 is 12.4 Å². The SMILES string of the molecule is O=C(NNc1ncccn1)c1ccc(/C(F)=C/[C@@H](c2cc(Cl)c(Cl)c(Cl)c2)C(F)(F)F)cc1C(F)(F)F. The predicted molar refractivity (Wildman–Crippen MR) is 124 cm³/mol. The number of anilines is 1. The molecule has 0 radical (unpaired) electrons. The van der Waals surface area contributed by atoms with E-state index in [-0.39, 0.29) is 33.2 Å². The summed E-state index contributed by atoms with van der Waals surface area (Å²) in [5.74, 6) is -5.69. The summed E-state index contributed by atoms with van der Waals surface area (Å²) in [6.07, 6.45) is -7.57. The summed E-state index contributed by atoms with van der Waals surface area (Å²) >= 11 is 17.3. The van der Waals surface area contributed by atoms with E-state index in [4.69, 9.17) is 34.8 Å². The van der Waals surface area contributed by atoms with Gasteiger partial charge in [0.05, 0.1) is 26.2 Å². The average molecular weight is 588 g/mol. The topological polar surface area (TPSA) is 66.9 Å². The summed E-state index contributed by atoms with van der Waals surface area (Å²) in [4.78, 5) is 19.7. The number of allylic oxidation sites excluding steroid dienone is 1. The lowest BCUT2D eigenvalue weighted by molar-refractivity contribution is -0.140. The van der Waals surface area contributed by atoms with E-state index in [1.807, 2.05) is 5.43 Å². The summed E-state index contributed by atoms with van der Waals surface area (Å²) in [5.41, 5.74) is 0.180. The van der Waals surface area contributed by atoms with Gasteiger partial charge in [0.25, 0.3) is 5.91 Å². The lowest BCUT2D eigenvalue weighted by Crippen LogP contribution is -2.32. The molecule has 1 aromatic heterocycles. The van der Waals surface area contributed by atoms with Gasteiger partial charge in [-0.3, -0.25) is 15.6 Å². The number of amides is 1. The Morgan fingerprint density at radius 1 is 0.946 bits per heavy atom. The van der Waals surface area contributed by atoms with E-state index >= 15 is 0 Å². The molecule has 0 bridgehead atoms. The van der Waals surface area contributed by atoms with E-state index < -0.39 is 52.3 Å². The van der Waals surface area contributed by atoms with Gasteiger partial charge in [0.1, 0.15) is 11.7 Å². The van der Waals surface area contributed by atoms with Gasteiger partial charge in [-0.25, -0.2) is 14.4 Å². The highest BCUT2D eigenvalue weighted by atomic mass is 35.5. The fourth-order valence-electron chi connectivity index (χ4n) is 3.05. The standard InChI is InChI=1S/C22H12Cl3F7N4O/c23-15-7-11(8-16(24)18(15)25)13(21(27,28)29)9-17(26)10-2-3-12(14(6-10)22(30,31)32)19(37)35-36-20-33-4-1-5-34-20/h1-9,13H,(H,35,37)(H,33,34,36)/b17-9-/t13-/m0/s1. The van der Waals surface area contributed by atoms with Crippen molar-refractivity contribution < 1.29 is 35.5 Å². The molecule has 0 aliphatic carbocycles. The molecule has 1 atom stereocenters. The van der Waals surface area contributed by atoms with Crippen molar-refractivity contribution in [3.05, 3.63) is 92.2 Å². The molecule has 37 heavy (non-hydrogen) atoms. The van der Waals surface area contributed by atoms with Gasteiger partial charge in [0.15, 0.2) is 0 Å². The van der Waals surface area contributed by atoms with Gasteiger partial charge in [-0.05, 0) is 42.0 Å². The number of carbonyl (C=O) groups is 1. The van der Waals surface area contributed by atoms with E-state index in [1.54, 1.807) is 0 Å². The fourth-order valence-corrected chi connectivity index (χ4v) is 3.66. The molecule has 3 aromatic rings. The van der Waals surface area contributed by atoms with E-state index in [2.05, 4.69) is 15.4 Å². The number of halogens is 10. The predicted octanol–water partition coefficient (Wildman–Crippen LogP) is 7.87. The monoisotopic (exact) mass is 586 g/mol. The summed E-state index contributed by atoms with van der Waals surface area (Å²) in [6.45, 7) is 0. The summed E-state index contributed by atoms with van der Waals surface area (Å²) in [5, 5.41) is -0.901. The molecular weight excluding hydrogens is 576 g/mol. The molecule has 0 saturated heterocycles. The van der Waals surface area contributed by atoms with Gasteiger partial charge < -0.3 is 0 Å². The Kier molecular flexibility index (Phi) is 8.56. The lowest BCUT2D eigenvalue weighted by Gasteiger charge is -2.19. The van der Waals surface area contributed by atoms with Crippen molar-refractivity contribution in [2.45, 2.75) is 18.3 Å². The molecule has 15 heteroatoms. The van der Waals surface area contributed by atoms with Crippen molar-refractivity contribution in [1.29, 1.82) is 0 Å². The number of benzene rings is 2. The second-order valence-corrected chi connectivity index (χ2v) is 8.43. The van der Waals surface area contributed by atoms with Crippen LogP contribution in [0.2, 0.25) is 15.1 Å². The molecular formula is C22H12Cl3F7N4O. The van der Waals surface area contributed by atoms with Crippen LogP contribution in [0.4, 0.5) is 36.7 Å². The van der Waals surface area contributed by atoms with Crippen molar-refractivity contribution in [1.82, 2.24) is 15.4 Å². The van der Waals surface area contributed by atoms with E-state index in [9.17, 15) is 35.5 Å². The third-order valence-electron chi connectivity index (χ3n) is 4.73. The molecule has 0 saturated carbocycles.